The maximum atomic E-state index is 13.3. The quantitative estimate of drug-likeness (QED) is 0.202. The summed E-state index contributed by atoms with van der Waals surface area (Å²) in [5, 5.41) is 2.60. The molecule has 1 heterocycles. The van der Waals surface area contributed by atoms with E-state index >= 15 is 0 Å². The molecule has 7 nitrogen and oxygen atoms in total. The van der Waals surface area contributed by atoms with E-state index in [1.54, 1.807) is 31.2 Å². The van der Waals surface area contributed by atoms with Crippen molar-refractivity contribution in [2.45, 2.75) is 27.4 Å². The molecule has 0 aliphatic carbocycles. The zero-order chi connectivity index (χ0) is 26.9. The molecule has 3 aromatic rings. The van der Waals surface area contributed by atoms with Gasteiger partial charge >= 0.3 is 6.03 Å². The van der Waals surface area contributed by atoms with Crippen LogP contribution in [0.15, 0.2) is 54.1 Å². The topological polar surface area (TPSA) is 84.9 Å². The smallest absolute Gasteiger partial charge is 0.335 e. The van der Waals surface area contributed by atoms with E-state index in [1.807, 2.05) is 6.07 Å². The fourth-order valence-corrected chi connectivity index (χ4v) is 4.83. The Morgan fingerprint density at radius 1 is 0.973 bits per heavy atom. The third-order valence-electron chi connectivity index (χ3n) is 6.03. The molecule has 0 unspecified atom stereocenters. The molecule has 1 saturated heterocycles. The molecular weight excluding hydrogens is 607 g/mol. The van der Waals surface area contributed by atoms with Crippen LogP contribution < -0.4 is 19.7 Å². The Morgan fingerprint density at radius 3 is 2.41 bits per heavy atom. The molecule has 1 fully saturated rings. The Hall–Kier alpha value is -3.37. The average Bonchev–Trinajstić information content (AvgIpc) is 2.84. The Labute approximate surface area is 233 Å². The second-order valence-corrected chi connectivity index (χ2v) is 10.2. The van der Waals surface area contributed by atoms with E-state index in [4.69, 9.17) is 21.1 Å². The number of hydrogen-bond acceptors (Lipinski definition) is 5. The van der Waals surface area contributed by atoms with Crippen molar-refractivity contribution < 1.29 is 23.9 Å². The number of methoxy groups -OCH3 is 1. The zero-order valence-corrected chi connectivity index (χ0v) is 23.6. The molecule has 1 N–H and O–H groups in total. The van der Waals surface area contributed by atoms with Crippen LogP contribution in [0.25, 0.3) is 6.08 Å². The molecule has 4 amide bonds. The van der Waals surface area contributed by atoms with E-state index in [2.05, 4.69) is 53.9 Å². The van der Waals surface area contributed by atoms with Crippen molar-refractivity contribution in [1.82, 2.24) is 5.32 Å². The molecule has 37 heavy (non-hydrogen) atoms. The van der Waals surface area contributed by atoms with E-state index in [9.17, 15) is 14.4 Å². The average molecular weight is 631 g/mol. The molecule has 0 aromatic heterocycles. The van der Waals surface area contributed by atoms with E-state index in [0.717, 1.165) is 14.0 Å². The fraction of sp³-hybridized carbons (Fsp3) is 0.179. The highest BCUT2D eigenvalue weighted by molar-refractivity contribution is 14.1. The van der Waals surface area contributed by atoms with Gasteiger partial charge in [0.15, 0.2) is 11.5 Å². The standard InChI is InChI=1S/C28H24ClIN2O5/c1-15-5-7-18(9-17(15)3)14-37-25-22(30)11-19(12-24(25)36-4)10-21-26(33)31-28(35)32(27(21)34)23-13-20(29)8-6-16(23)2/h5-13H,14H2,1-4H3,(H,31,33,35)/b21-10+. The van der Waals surface area contributed by atoms with Gasteiger partial charge in [-0.05, 0) is 102 Å². The van der Waals surface area contributed by atoms with Crippen molar-refractivity contribution >= 4 is 63.8 Å². The van der Waals surface area contributed by atoms with Crippen LogP contribution in [0, 0.1) is 24.3 Å². The summed E-state index contributed by atoms with van der Waals surface area (Å²) in [5.41, 5.74) is 4.72. The Balaban J connectivity index is 1.65. The minimum absolute atomic E-state index is 0.194. The van der Waals surface area contributed by atoms with Gasteiger partial charge in [-0.1, -0.05) is 35.9 Å². The molecule has 4 rings (SSSR count). The largest absolute Gasteiger partial charge is 0.493 e. The van der Waals surface area contributed by atoms with Crippen LogP contribution in [0.2, 0.25) is 5.02 Å². The summed E-state index contributed by atoms with van der Waals surface area (Å²) in [6.07, 6.45) is 1.43. The van der Waals surface area contributed by atoms with Gasteiger partial charge in [0, 0.05) is 5.02 Å². The summed E-state index contributed by atoms with van der Waals surface area (Å²) in [6.45, 7) is 6.21. The number of ether oxygens (including phenoxy) is 2. The summed E-state index contributed by atoms with van der Waals surface area (Å²) in [5.74, 6) is -0.530. The number of carbonyl (C=O) groups is 3. The number of barbiturate groups is 1. The number of urea groups is 1. The van der Waals surface area contributed by atoms with Gasteiger partial charge < -0.3 is 9.47 Å². The number of hydrogen-bond donors (Lipinski definition) is 1. The number of aryl methyl sites for hydroxylation is 3. The van der Waals surface area contributed by atoms with Crippen molar-refractivity contribution in [3.63, 3.8) is 0 Å². The van der Waals surface area contributed by atoms with Crippen molar-refractivity contribution in [3.8, 4) is 11.5 Å². The SMILES string of the molecule is COc1cc(/C=C2\C(=O)NC(=O)N(c3cc(Cl)ccc3C)C2=O)cc(I)c1OCc1ccc(C)c(C)c1. The van der Waals surface area contributed by atoms with Crippen LogP contribution in [-0.4, -0.2) is 25.0 Å². The highest BCUT2D eigenvalue weighted by Gasteiger charge is 2.37. The summed E-state index contributed by atoms with van der Waals surface area (Å²) < 4.78 is 12.4. The van der Waals surface area contributed by atoms with Crippen LogP contribution in [0.3, 0.4) is 0 Å². The van der Waals surface area contributed by atoms with Gasteiger partial charge in [-0.2, -0.15) is 0 Å². The van der Waals surface area contributed by atoms with E-state index in [-0.39, 0.29) is 5.57 Å². The third-order valence-corrected chi connectivity index (χ3v) is 7.07. The normalized spacial score (nSPS) is 14.7. The van der Waals surface area contributed by atoms with Gasteiger partial charge in [-0.25, -0.2) is 9.69 Å². The number of nitrogens with one attached hydrogen (secondary N) is 1. The minimum Gasteiger partial charge on any atom is -0.493 e. The van der Waals surface area contributed by atoms with Crippen molar-refractivity contribution in [3.05, 3.63) is 90.5 Å². The highest BCUT2D eigenvalue weighted by atomic mass is 127. The predicted molar refractivity (Wildman–Crippen MR) is 151 cm³/mol. The van der Waals surface area contributed by atoms with E-state index in [0.29, 0.717) is 39.9 Å². The highest BCUT2D eigenvalue weighted by Crippen LogP contribution is 2.36. The van der Waals surface area contributed by atoms with Gasteiger partial charge in [0.2, 0.25) is 0 Å². The summed E-state index contributed by atoms with van der Waals surface area (Å²) in [7, 11) is 1.52. The molecule has 0 bridgehead atoms. The first-order chi connectivity index (χ1) is 17.6. The lowest BCUT2D eigenvalue weighted by atomic mass is 10.1. The maximum absolute atomic E-state index is 13.3. The monoisotopic (exact) mass is 630 g/mol. The van der Waals surface area contributed by atoms with Gasteiger partial charge in [-0.3, -0.25) is 14.9 Å². The Bertz CT molecular complexity index is 1470. The number of carbonyl (C=O) groups excluding carboxylic acids is 3. The summed E-state index contributed by atoms with van der Waals surface area (Å²) in [6, 6.07) is 13.6. The van der Waals surface area contributed by atoms with Gasteiger partial charge in [0.25, 0.3) is 11.8 Å². The number of imide groups is 2. The summed E-state index contributed by atoms with van der Waals surface area (Å²) in [4.78, 5) is 39.4. The predicted octanol–water partition coefficient (Wildman–Crippen LogP) is 6.12. The molecule has 0 spiro atoms. The van der Waals surface area contributed by atoms with Crippen LogP contribution in [0.5, 0.6) is 11.5 Å². The fourth-order valence-electron chi connectivity index (χ4n) is 3.88. The molecule has 0 radical (unpaired) electrons. The van der Waals surface area contributed by atoms with Gasteiger partial charge in [-0.15, -0.1) is 0 Å². The maximum Gasteiger partial charge on any atom is 0.335 e. The number of benzene rings is 3. The molecule has 1 aliphatic rings. The van der Waals surface area contributed by atoms with Gasteiger partial charge in [0.05, 0.1) is 16.4 Å². The van der Waals surface area contributed by atoms with E-state index < -0.39 is 17.8 Å². The Kier molecular flexibility index (Phi) is 7.89. The number of amides is 4. The number of halogens is 2. The van der Waals surface area contributed by atoms with Crippen LogP contribution in [0.1, 0.15) is 27.8 Å². The molecular formula is C28H24ClIN2O5. The first-order valence-corrected chi connectivity index (χ1v) is 12.8. The molecule has 0 saturated carbocycles. The molecule has 0 atom stereocenters. The lowest BCUT2D eigenvalue weighted by Gasteiger charge is -2.27. The Morgan fingerprint density at radius 2 is 1.70 bits per heavy atom. The minimum atomic E-state index is -0.834. The van der Waals surface area contributed by atoms with Gasteiger partial charge in [0.1, 0.15) is 12.2 Å². The molecule has 9 heteroatoms. The van der Waals surface area contributed by atoms with Crippen LogP contribution >= 0.6 is 34.2 Å². The van der Waals surface area contributed by atoms with Crippen LogP contribution in [-0.2, 0) is 16.2 Å². The molecule has 190 valence electrons. The first-order valence-electron chi connectivity index (χ1n) is 11.3. The van der Waals surface area contributed by atoms with Crippen molar-refractivity contribution in [2.75, 3.05) is 12.0 Å². The molecule has 1 aliphatic heterocycles. The van der Waals surface area contributed by atoms with Crippen molar-refractivity contribution in [2.24, 2.45) is 0 Å². The lowest BCUT2D eigenvalue weighted by Crippen LogP contribution is -2.54. The lowest BCUT2D eigenvalue weighted by molar-refractivity contribution is -0.122. The number of anilines is 1. The third kappa shape index (κ3) is 5.65. The molecule has 3 aromatic carbocycles. The second kappa shape index (κ2) is 10.9. The number of nitrogens with zero attached hydrogens (tertiary/aromatic N) is 1. The van der Waals surface area contributed by atoms with Crippen molar-refractivity contribution in [1.29, 1.82) is 0 Å². The number of rotatable bonds is 6. The van der Waals surface area contributed by atoms with Crippen LogP contribution in [0.4, 0.5) is 10.5 Å². The van der Waals surface area contributed by atoms with E-state index in [1.165, 1.54) is 30.4 Å². The first kappa shape index (κ1) is 26.7. The summed E-state index contributed by atoms with van der Waals surface area (Å²) >= 11 is 8.21. The second-order valence-electron chi connectivity index (χ2n) is 8.63. The zero-order valence-electron chi connectivity index (χ0n) is 20.6.